The molecule has 1 saturated heterocycles. The van der Waals surface area contributed by atoms with Gasteiger partial charge in [0.15, 0.2) is 0 Å². The normalized spacial score (nSPS) is 18.8. The molecule has 6 heteroatoms. The van der Waals surface area contributed by atoms with E-state index in [1.165, 1.54) is 0 Å². The first-order valence-electron chi connectivity index (χ1n) is 8.73. The van der Waals surface area contributed by atoms with E-state index in [1.54, 1.807) is 0 Å². The molecule has 2 N–H and O–H groups in total. The third-order valence-corrected chi connectivity index (χ3v) is 4.57. The van der Waals surface area contributed by atoms with Crippen LogP contribution in [0.15, 0.2) is 18.2 Å². The molecule has 0 bridgehead atoms. The number of ether oxygens (including phenoxy) is 1. The Kier molecular flexibility index (Phi) is 5.01. The number of aromatic nitrogens is 2. The number of benzene rings is 1. The van der Waals surface area contributed by atoms with Crippen molar-refractivity contribution in [1.29, 1.82) is 0 Å². The van der Waals surface area contributed by atoms with Crippen molar-refractivity contribution in [2.45, 2.75) is 33.2 Å². The second-order valence-corrected chi connectivity index (χ2v) is 7.18. The van der Waals surface area contributed by atoms with Crippen molar-refractivity contribution < 1.29 is 9.53 Å². The number of amides is 1. The Balaban J connectivity index is 1.93. The van der Waals surface area contributed by atoms with Gasteiger partial charge in [-0.25, -0.2) is 9.97 Å². The first-order valence-corrected chi connectivity index (χ1v) is 8.73. The van der Waals surface area contributed by atoms with Gasteiger partial charge in [-0.15, -0.1) is 0 Å². The zero-order chi connectivity index (χ0) is 18.0. The van der Waals surface area contributed by atoms with Crippen LogP contribution in [0.2, 0.25) is 0 Å². The average Bonchev–Trinajstić information content (AvgIpc) is 2.84. The minimum Gasteiger partial charge on any atom is -0.379 e. The molecule has 1 aromatic heterocycles. The fourth-order valence-electron chi connectivity index (χ4n) is 3.23. The lowest BCUT2D eigenvalue weighted by Crippen LogP contribution is -2.47. The van der Waals surface area contributed by atoms with E-state index >= 15 is 0 Å². The molecule has 2 aromatic rings. The maximum absolute atomic E-state index is 12.8. The van der Waals surface area contributed by atoms with Crippen LogP contribution in [-0.4, -0.2) is 42.2 Å². The van der Waals surface area contributed by atoms with Crippen molar-refractivity contribution in [2.75, 3.05) is 26.3 Å². The van der Waals surface area contributed by atoms with Gasteiger partial charge < -0.3 is 15.4 Å². The molecule has 1 aliphatic heterocycles. The number of hydrogen-bond donors (Lipinski definition) is 2. The Morgan fingerprint density at radius 3 is 2.92 bits per heavy atom. The molecule has 6 nitrogen and oxygen atoms in total. The number of aryl methyl sites for hydroxylation is 2. The molecule has 25 heavy (non-hydrogen) atoms. The van der Waals surface area contributed by atoms with Crippen molar-refractivity contribution in [2.24, 2.45) is 5.92 Å². The average molecular weight is 342 g/mol. The quantitative estimate of drug-likeness (QED) is 0.890. The van der Waals surface area contributed by atoms with E-state index in [-0.39, 0.29) is 11.8 Å². The standard InChI is InChI=1S/C19H26N4O2/c1-12-6-5-7-15-16(12)21-13(2)22-17(15)19(3,4)23-18(24)14-10-20-8-9-25-11-14/h5-7,14,20H,8-11H2,1-4H3,(H,23,24). The molecule has 0 saturated carbocycles. The third-order valence-electron chi connectivity index (χ3n) is 4.57. The van der Waals surface area contributed by atoms with Crippen molar-refractivity contribution >= 4 is 16.8 Å². The van der Waals surface area contributed by atoms with Gasteiger partial charge >= 0.3 is 0 Å². The Labute approximate surface area is 148 Å². The molecule has 1 aromatic carbocycles. The minimum absolute atomic E-state index is 0.0172. The number of nitrogens with one attached hydrogen (secondary N) is 2. The lowest BCUT2D eigenvalue weighted by atomic mass is 9.94. The molecule has 0 radical (unpaired) electrons. The number of carbonyl (C=O) groups excluding carboxylic acids is 1. The molecular formula is C19H26N4O2. The third kappa shape index (κ3) is 3.80. The largest absolute Gasteiger partial charge is 0.379 e. The second-order valence-electron chi connectivity index (χ2n) is 7.18. The van der Waals surface area contributed by atoms with Gasteiger partial charge in [0.05, 0.1) is 35.9 Å². The highest BCUT2D eigenvalue weighted by atomic mass is 16.5. The van der Waals surface area contributed by atoms with Crippen LogP contribution in [0.3, 0.4) is 0 Å². The first-order chi connectivity index (χ1) is 11.9. The van der Waals surface area contributed by atoms with E-state index in [1.807, 2.05) is 45.9 Å². The summed E-state index contributed by atoms with van der Waals surface area (Å²) in [7, 11) is 0. The van der Waals surface area contributed by atoms with Gasteiger partial charge in [-0.05, 0) is 33.3 Å². The number of para-hydroxylation sites is 1. The van der Waals surface area contributed by atoms with Crippen molar-refractivity contribution in [3.63, 3.8) is 0 Å². The fourth-order valence-corrected chi connectivity index (χ4v) is 3.23. The highest BCUT2D eigenvalue weighted by Gasteiger charge is 2.31. The molecule has 2 heterocycles. The summed E-state index contributed by atoms with van der Waals surface area (Å²) in [6.45, 7) is 10.4. The summed E-state index contributed by atoms with van der Waals surface area (Å²) in [5, 5.41) is 7.38. The monoisotopic (exact) mass is 342 g/mol. The SMILES string of the molecule is Cc1nc(C(C)(C)NC(=O)C2CNCCOC2)c2cccc(C)c2n1. The predicted octanol–water partition coefficient (Wildman–Crippen LogP) is 1.83. The molecule has 3 rings (SSSR count). The van der Waals surface area contributed by atoms with Crippen molar-refractivity contribution in [1.82, 2.24) is 20.6 Å². The van der Waals surface area contributed by atoms with Crippen LogP contribution in [0.25, 0.3) is 10.9 Å². The smallest absolute Gasteiger partial charge is 0.227 e. The second kappa shape index (κ2) is 7.06. The van der Waals surface area contributed by atoms with E-state index in [2.05, 4.69) is 20.6 Å². The predicted molar refractivity (Wildman–Crippen MR) is 97.4 cm³/mol. The van der Waals surface area contributed by atoms with Crippen LogP contribution in [0.4, 0.5) is 0 Å². The zero-order valence-corrected chi connectivity index (χ0v) is 15.3. The fraction of sp³-hybridized carbons (Fsp3) is 0.526. The topological polar surface area (TPSA) is 76.1 Å². The van der Waals surface area contributed by atoms with Crippen molar-refractivity contribution in [3.05, 3.63) is 35.3 Å². The van der Waals surface area contributed by atoms with Gasteiger partial charge in [0, 0.05) is 18.5 Å². The van der Waals surface area contributed by atoms with Crippen LogP contribution in [0.1, 0.15) is 30.9 Å². The maximum Gasteiger partial charge on any atom is 0.227 e. The molecule has 0 aliphatic carbocycles. The van der Waals surface area contributed by atoms with Gasteiger partial charge in [0.2, 0.25) is 5.91 Å². The van der Waals surface area contributed by atoms with E-state index in [4.69, 9.17) is 4.74 Å². The van der Waals surface area contributed by atoms with Gasteiger partial charge in [-0.3, -0.25) is 4.79 Å². The Bertz CT molecular complexity index is 780. The first kappa shape index (κ1) is 17.8. The summed E-state index contributed by atoms with van der Waals surface area (Å²) in [4.78, 5) is 22.0. The molecule has 1 amide bonds. The van der Waals surface area contributed by atoms with Crippen LogP contribution < -0.4 is 10.6 Å². The summed E-state index contributed by atoms with van der Waals surface area (Å²) < 4.78 is 5.50. The summed E-state index contributed by atoms with van der Waals surface area (Å²) in [5.41, 5.74) is 2.28. The summed E-state index contributed by atoms with van der Waals surface area (Å²) in [6.07, 6.45) is 0. The number of fused-ring (bicyclic) bond motifs is 1. The number of nitrogens with zero attached hydrogens (tertiary/aromatic N) is 2. The molecular weight excluding hydrogens is 316 g/mol. The highest BCUT2D eigenvalue weighted by molar-refractivity contribution is 5.86. The Morgan fingerprint density at radius 2 is 2.12 bits per heavy atom. The summed E-state index contributed by atoms with van der Waals surface area (Å²) in [5.74, 6) is 0.493. The number of carbonyl (C=O) groups is 1. The molecule has 1 fully saturated rings. The Morgan fingerprint density at radius 1 is 1.32 bits per heavy atom. The van der Waals surface area contributed by atoms with Gasteiger partial charge in [0.25, 0.3) is 0 Å². The lowest BCUT2D eigenvalue weighted by molar-refractivity contribution is -0.128. The van der Waals surface area contributed by atoms with Crippen molar-refractivity contribution in [3.8, 4) is 0 Å². The van der Waals surface area contributed by atoms with Gasteiger partial charge in [-0.2, -0.15) is 0 Å². The number of rotatable bonds is 3. The molecule has 1 aliphatic rings. The van der Waals surface area contributed by atoms with Crippen LogP contribution in [0.5, 0.6) is 0 Å². The van der Waals surface area contributed by atoms with Crippen LogP contribution in [0, 0.1) is 19.8 Å². The van der Waals surface area contributed by atoms with E-state index < -0.39 is 5.54 Å². The number of hydrogen-bond acceptors (Lipinski definition) is 5. The molecule has 134 valence electrons. The van der Waals surface area contributed by atoms with E-state index in [0.29, 0.717) is 25.6 Å². The van der Waals surface area contributed by atoms with Gasteiger partial charge in [0.1, 0.15) is 5.82 Å². The van der Waals surface area contributed by atoms with Crippen LogP contribution in [-0.2, 0) is 15.1 Å². The minimum atomic E-state index is -0.608. The summed E-state index contributed by atoms with van der Waals surface area (Å²) in [6, 6.07) is 6.06. The van der Waals surface area contributed by atoms with E-state index in [0.717, 1.165) is 28.7 Å². The van der Waals surface area contributed by atoms with Gasteiger partial charge in [-0.1, -0.05) is 18.2 Å². The maximum atomic E-state index is 12.8. The molecule has 1 atom stereocenters. The Hall–Kier alpha value is -2.05. The summed E-state index contributed by atoms with van der Waals surface area (Å²) >= 11 is 0. The zero-order valence-electron chi connectivity index (χ0n) is 15.3. The van der Waals surface area contributed by atoms with E-state index in [9.17, 15) is 4.79 Å². The molecule has 0 spiro atoms. The molecule has 1 unspecified atom stereocenters. The van der Waals surface area contributed by atoms with Crippen LogP contribution >= 0.6 is 0 Å². The highest BCUT2D eigenvalue weighted by Crippen LogP contribution is 2.28. The lowest BCUT2D eigenvalue weighted by Gasteiger charge is -2.29.